The molecular formula is C13H20O8Si. The average molecular weight is 332 g/mol. The standard InChI is InChI=1S/C13H20O8Si/c1-9(13(17)18)7-5-6-8-22(19-10(2)14,20-11(3)15)21-12(4)16/h7H,5-6,8H2,1-4H3,(H,17,18). The number of hydrogen-bond donors (Lipinski definition) is 1. The van der Waals surface area contributed by atoms with Gasteiger partial charge in [-0.15, -0.1) is 0 Å². The molecule has 0 rings (SSSR count). The first kappa shape index (κ1) is 19.8. The van der Waals surface area contributed by atoms with Crippen LogP contribution in [0.15, 0.2) is 11.6 Å². The van der Waals surface area contributed by atoms with Crippen molar-refractivity contribution in [2.75, 3.05) is 0 Å². The van der Waals surface area contributed by atoms with Gasteiger partial charge >= 0.3 is 14.8 Å². The lowest BCUT2D eigenvalue weighted by Gasteiger charge is -2.26. The zero-order valence-electron chi connectivity index (χ0n) is 13.0. The van der Waals surface area contributed by atoms with Crippen molar-refractivity contribution in [1.29, 1.82) is 0 Å². The molecule has 0 fully saturated rings. The van der Waals surface area contributed by atoms with Crippen molar-refractivity contribution < 1.29 is 37.6 Å². The molecule has 22 heavy (non-hydrogen) atoms. The van der Waals surface area contributed by atoms with E-state index in [-0.39, 0.29) is 11.6 Å². The third kappa shape index (κ3) is 8.20. The van der Waals surface area contributed by atoms with Gasteiger partial charge in [0.25, 0.3) is 17.9 Å². The molecule has 0 aromatic rings. The summed E-state index contributed by atoms with van der Waals surface area (Å²) in [4.78, 5) is 44.2. The van der Waals surface area contributed by atoms with Gasteiger partial charge in [0, 0.05) is 26.3 Å². The van der Waals surface area contributed by atoms with E-state index in [1.807, 2.05) is 0 Å². The normalized spacial score (nSPS) is 11.5. The minimum atomic E-state index is -3.81. The van der Waals surface area contributed by atoms with Crippen molar-refractivity contribution in [3.8, 4) is 0 Å². The zero-order chi connectivity index (χ0) is 17.3. The summed E-state index contributed by atoms with van der Waals surface area (Å²) in [5.74, 6) is -3.23. The van der Waals surface area contributed by atoms with Gasteiger partial charge < -0.3 is 18.4 Å². The van der Waals surface area contributed by atoms with Crippen LogP contribution >= 0.6 is 0 Å². The molecule has 0 atom stereocenters. The summed E-state index contributed by atoms with van der Waals surface area (Å²) in [6, 6.07) is 0.0230. The van der Waals surface area contributed by atoms with Gasteiger partial charge in [-0.25, -0.2) is 4.79 Å². The molecule has 0 bridgehead atoms. The van der Waals surface area contributed by atoms with E-state index in [1.54, 1.807) is 0 Å². The van der Waals surface area contributed by atoms with Crippen molar-refractivity contribution in [1.82, 2.24) is 0 Å². The Bertz CT molecular complexity index is 442. The summed E-state index contributed by atoms with van der Waals surface area (Å²) in [6.45, 7) is 4.78. The van der Waals surface area contributed by atoms with Crippen molar-refractivity contribution in [2.24, 2.45) is 0 Å². The summed E-state index contributed by atoms with van der Waals surface area (Å²) in [5.41, 5.74) is 0.166. The number of carbonyl (C=O) groups is 4. The fourth-order valence-electron chi connectivity index (χ4n) is 1.60. The Morgan fingerprint density at radius 3 is 1.64 bits per heavy atom. The second-order valence-electron chi connectivity index (χ2n) is 4.55. The maximum absolute atomic E-state index is 11.2. The molecule has 0 aliphatic heterocycles. The van der Waals surface area contributed by atoms with Crippen LogP contribution in [-0.4, -0.2) is 37.8 Å². The number of carbonyl (C=O) groups excluding carboxylic acids is 3. The van der Waals surface area contributed by atoms with Gasteiger partial charge in [0.05, 0.1) is 6.04 Å². The van der Waals surface area contributed by atoms with E-state index < -0.39 is 32.7 Å². The maximum atomic E-state index is 11.2. The Balaban J connectivity index is 4.99. The number of rotatable bonds is 8. The van der Waals surface area contributed by atoms with E-state index in [9.17, 15) is 19.2 Å². The molecule has 0 heterocycles. The summed E-state index contributed by atoms with van der Waals surface area (Å²) >= 11 is 0. The smallest absolute Gasteiger partial charge is 0.478 e. The van der Waals surface area contributed by atoms with Crippen LogP contribution in [0.25, 0.3) is 0 Å². The molecule has 0 spiro atoms. The Morgan fingerprint density at radius 1 is 0.909 bits per heavy atom. The molecule has 0 unspecified atom stereocenters. The molecule has 0 aromatic heterocycles. The number of carboxylic acid groups (broad SMARTS) is 1. The van der Waals surface area contributed by atoms with Crippen LogP contribution in [0.1, 0.15) is 40.5 Å². The predicted molar refractivity (Wildman–Crippen MR) is 76.5 cm³/mol. The number of hydrogen-bond acceptors (Lipinski definition) is 7. The summed E-state index contributed by atoms with van der Waals surface area (Å²) < 4.78 is 15.0. The quantitative estimate of drug-likeness (QED) is 0.403. The van der Waals surface area contributed by atoms with Crippen molar-refractivity contribution >= 4 is 32.7 Å². The first-order valence-corrected chi connectivity index (χ1v) is 8.50. The van der Waals surface area contributed by atoms with E-state index in [1.165, 1.54) is 13.0 Å². The van der Waals surface area contributed by atoms with E-state index >= 15 is 0 Å². The molecular weight excluding hydrogens is 312 g/mol. The molecule has 0 aliphatic carbocycles. The van der Waals surface area contributed by atoms with Crippen LogP contribution in [0.4, 0.5) is 0 Å². The Morgan fingerprint density at radius 2 is 1.32 bits per heavy atom. The molecule has 124 valence electrons. The molecule has 0 saturated heterocycles. The second kappa shape index (κ2) is 8.98. The molecule has 0 aromatic carbocycles. The van der Waals surface area contributed by atoms with Gasteiger partial charge in [-0.2, -0.15) is 0 Å². The highest BCUT2D eigenvalue weighted by atomic mass is 28.4. The molecule has 9 heteroatoms. The lowest BCUT2D eigenvalue weighted by atomic mass is 10.2. The van der Waals surface area contributed by atoms with Crippen LogP contribution in [0.5, 0.6) is 0 Å². The Labute approximate surface area is 129 Å². The van der Waals surface area contributed by atoms with Gasteiger partial charge in [-0.1, -0.05) is 6.08 Å². The number of unbranched alkanes of at least 4 members (excludes halogenated alkanes) is 1. The molecule has 0 saturated carbocycles. The highest BCUT2D eigenvalue weighted by Gasteiger charge is 2.51. The second-order valence-corrected chi connectivity index (χ2v) is 7.03. The number of aliphatic carboxylic acids is 1. The van der Waals surface area contributed by atoms with E-state index in [2.05, 4.69) is 0 Å². The van der Waals surface area contributed by atoms with Gasteiger partial charge in [-0.05, 0) is 19.8 Å². The fraction of sp³-hybridized carbons (Fsp3) is 0.538. The fourth-order valence-corrected chi connectivity index (χ4v) is 3.98. The van der Waals surface area contributed by atoms with Crippen LogP contribution in [0, 0.1) is 0 Å². The van der Waals surface area contributed by atoms with Crippen LogP contribution in [-0.2, 0) is 32.5 Å². The van der Waals surface area contributed by atoms with Gasteiger partial charge in [-0.3, -0.25) is 14.4 Å². The monoisotopic (exact) mass is 332 g/mol. The van der Waals surface area contributed by atoms with Gasteiger partial charge in [0.2, 0.25) is 0 Å². The van der Waals surface area contributed by atoms with Gasteiger partial charge in [0.1, 0.15) is 0 Å². The highest BCUT2D eigenvalue weighted by molar-refractivity contribution is 6.65. The summed E-state index contributed by atoms with van der Waals surface area (Å²) in [5, 5.41) is 8.73. The molecule has 8 nitrogen and oxygen atoms in total. The third-order valence-electron chi connectivity index (χ3n) is 2.37. The minimum Gasteiger partial charge on any atom is -0.478 e. The van der Waals surface area contributed by atoms with Crippen LogP contribution in [0.2, 0.25) is 6.04 Å². The molecule has 0 radical (unpaired) electrons. The Kier molecular flexibility index (Phi) is 8.10. The predicted octanol–water partition coefficient (Wildman–Crippen LogP) is 1.43. The minimum absolute atomic E-state index is 0.0230. The first-order chi connectivity index (χ1) is 10.1. The summed E-state index contributed by atoms with van der Waals surface area (Å²) in [7, 11) is -3.81. The first-order valence-electron chi connectivity index (χ1n) is 6.57. The number of allylic oxidation sites excluding steroid dienone is 1. The molecule has 0 amide bonds. The van der Waals surface area contributed by atoms with Crippen molar-refractivity contribution in [3.05, 3.63) is 11.6 Å². The van der Waals surface area contributed by atoms with Crippen LogP contribution in [0.3, 0.4) is 0 Å². The lowest BCUT2D eigenvalue weighted by molar-refractivity contribution is -0.148. The van der Waals surface area contributed by atoms with E-state index in [4.69, 9.17) is 18.4 Å². The SMILES string of the molecule is CC(=O)O[Si](CCCC=C(C)C(=O)O)(OC(C)=O)OC(C)=O. The largest absolute Gasteiger partial charge is 0.705 e. The topological polar surface area (TPSA) is 116 Å². The average Bonchev–Trinajstić information content (AvgIpc) is 2.31. The van der Waals surface area contributed by atoms with Gasteiger partial charge in [0.15, 0.2) is 0 Å². The van der Waals surface area contributed by atoms with Crippen molar-refractivity contribution in [2.45, 2.75) is 46.6 Å². The highest BCUT2D eigenvalue weighted by Crippen LogP contribution is 2.21. The molecule has 0 aliphatic rings. The zero-order valence-corrected chi connectivity index (χ0v) is 14.0. The number of carboxylic acids is 1. The van der Waals surface area contributed by atoms with E-state index in [0.29, 0.717) is 12.8 Å². The third-order valence-corrected chi connectivity index (χ3v) is 5.13. The molecule has 1 N–H and O–H groups in total. The summed E-state index contributed by atoms with van der Waals surface area (Å²) in [6.07, 6.45) is 2.15. The van der Waals surface area contributed by atoms with Crippen LogP contribution < -0.4 is 0 Å². The lowest BCUT2D eigenvalue weighted by Crippen LogP contribution is -2.49. The Hall–Kier alpha value is -2.16. The van der Waals surface area contributed by atoms with Crippen molar-refractivity contribution in [3.63, 3.8) is 0 Å². The maximum Gasteiger partial charge on any atom is 0.705 e. The van der Waals surface area contributed by atoms with E-state index in [0.717, 1.165) is 20.8 Å².